The molecule has 1 fully saturated rings. The normalized spacial score (nSPS) is 22.3. The van der Waals surface area contributed by atoms with Crippen LogP contribution < -0.4 is 5.32 Å². The second-order valence-electron chi connectivity index (χ2n) is 5.86. The first-order valence-corrected chi connectivity index (χ1v) is 7.00. The average molecular weight is 227 g/mol. The molecule has 2 heteroatoms. The number of hydrogen-bond donors (Lipinski definition) is 2. The number of hydrogen-bond acceptors (Lipinski definition) is 2. The van der Waals surface area contributed by atoms with Crippen LogP contribution in [0.3, 0.4) is 0 Å². The fraction of sp³-hybridized carbons (Fsp3) is 1.00. The quantitative estimate of drug-likeness (QED) is 0.731. The van der Waals surface area contributed by atoms with E-state index in [1.807, 2.05) is 0 Å². The summed E-state index contributed by atoms with van der Waals surface area (Å²) in [5.41, 5.74) is 0. The smallest absolute Gasteiger partial charge is 0.0584 e. The molecule has 2 nitrogen and oxygen atoms in total. The summed E-state index contributed by atoms with van der Waals surface area (Å²) in [6.45, 7) is 7.00. The van der Waals surface area contributed by atoms with Gasteiger partial charge < -0.3 is 10.4 Å². The van der Waals surface area contributed by atoms with E-state index in [1.165, 1.54) is 32.1 Å². The van der Waals surface area contributed by atoms with Crippen LogP contribution in [0.1, 0.15) is 59.3 Å². The fourth-order valence-corrected chi connectivity index (χ4v) is 2.91. The first-order valence-electron chi connectivity index (χ1n) is 7.00. The minimum Gasteiger partial charge on any atom is -0.395 e. The van der Waals surface area contributed by atoms with Gasteiger partial charge in [0.1, 0.15) is 0 Å². The molecule has 0 aromatic heterocycles. The molecule has 1 saturated carbocycles. The summed E-state index contributed by atoms with van der Waals surface area (Å²) >= 11 is 0. The van der Waals surface area contributed by atoms with Crippen molar-refractivity contribution in [3.05, 3.63) is 0 Å². The molecule has 0 aliphatic heterocycles. The molecule has 16 heavy (non-hydrogen) atoms. The van der Waals surface area contributed by atoms with Gasteiger partial charge in [0.15, 0.2) is 0 Å². The van der Waals surface area contributed by atoms with Gasteiger partial charge in [-0.1, -0.05) is 33.1 Å². The molecule has 0 aromatic carbocycles. The summed E-state index contributed by atoms with van der Waals surface area (Å²) in [6.07, 6.45) is 8.02. The largest absolute Gasteiger partial charge is 0.395 e. The highest BCUT2D eigenvalue weighted by Crippen LogP contribution is 2.26. The molecule has 0 amide bonds. The van der Waals surface area contributed by atoms with Gasteiger partial charge in [0.2, 0.25) is 0 Å². The highest BCUT2D eigenvalue weighted by molar-refractivity contribution is 4.79. The Bertz CT molecular complexity index is 176. The molecule has 0 spiro atoms. The Balaban J connectivity index is 2.31. The lowest BCUT2D eigenvalue weighted by Gasteiger charge is -2.31. The van der Waals surface area contributed by atoms with Gasteiger partial charge >= 0.3 is 0 Å². The van der Waals surface area contributed by atoms with Crippen molar-refractivity contribution in [3.63, 3.8) is 0 Å². The maximum Gasteiger partial charge on any atom is 0.0584 e. The molecule has 1 rings (SSSR count). The summed E-state index contributed by atoms with van der Waals surface area (Å²) in [4.78, 5) is 0. The third-order valence-corrected chi connectivity index (χ3v) is 3.83. The summed E-state index contributed by atoms with van der Waals surface area (Å²) in [6, 6.07) is 0.855. The SMILES string of the molecule is CC(C)CC(CO)NC(C)C1CCCCC1. The van der Waals surface area contributed by atoms with E-state index < -0.39 is 0 Å². The Morgan fingerprint density at radius 3 is 2.25 bits per heavy atom. The van der Waals surface area contributed by atoms with Crippen LogP contribution in [0, 0.1) is 11.8 Å². The first kappa shape index (κ1) is 14.0. The lowest BCUT2D eigenvalue weighted by molar-refractivity contribution is 0.188. The molecule has 0 radical (unpaired) electrons. The lowest BCUT2D eigenvalue weighted by atomic mass is 9.84. The zero-order chi connectivity index (χ0) is 12.0. The summed E-state index contributed by atoms with van der Waals surface area (Å²) in [5.74, 6) is 1.48. The maximum absolute atomic E-state index is 9.36. The predicted molar refractivity (Wildman–Crippen MR) is 69.5 cm³/mol. The van der Waals surface area contributed by atoms with E-state index in [4.69, 9.17) is 0 Å². The average Bonchev–Trinajstić information content (AvgIpc) is 2.28. The van der Waals surface area contributed by atoms with Crippen LogP contribution in [-0.2, 0) is 0 Å². The number of rotatable bonds is 6. The van der Waals surface area contributed by atoms with Gasteiger partial charge in [-0.25, -0.2) is 0 Å². The molecule has 2 unspecified atom stereocenters. The molecule has 96 valence electrons. The van der Waals surface area contributed by atoms with Crippen LogP contribution >= 0.6 is 0 Å². The van der Waals surface area contributed by atoms with E-state index in [0.717, 1.165) is 12.3 Å². The van der Waals surface area contributed by atoms with Crippen molar-refractivity contribution in [2.24, 2.45) is 11.8 Å². The van der Waals surface area contributed by atoms with Crippen molar-refractivity contribution in [1.82, 2.24) is 5.32 Å². The molecule has 2 atom stereocenters. The number of nitrogens with one attached hydrogen (secondary N) is 1. The van der Waals surface area contributed by atoms with Crippen LogP contribution in [0.15, 0.2) is 0 Å². The molecule has 0 aromatic rings. The topological polar surface area (TPSA) is 32.3 Å². The van der Waals surface area contributed by atoms with Crippen molar-refractivity contribution >= 4 is 0 Å². The Morgan fingerprint density at radius 2 is 1.75 bits per heavy atom. The Labute approximate surface area is 101 Å². The molecule has 1 aliphatic carbocycles. The zero-order valence-corrected chi connectivity index (χ0v) is 11.2. The number of aliphatic hydroxyl groups is 1. The minimum absolute atomic E-state index is 0.273. The Morgan fingerprint density at radius 1 is 1.12 bits per heavy atom. The predicted octanol–water partition coefficient (Wildman–Crippen LogP) is 2.95. The fourth-order valence-electron chi connectivity index (χ4n) is 2.91. The Kier molecular flexibility index (Phi) is 6.37. The standard InChI is InChI=1S/C14H29NO/c1-11(2)9-14(10-16)15-12(3)13-7-5-4-6-8-13/h11-16H,4-10H2,1-3H3. The maximum atomic E-state index is 9.36. The van der Waals surface area contributed by atoms with E-state index in [9.17, 15) is 5.11 Å². The van der Waals surface area contributed by atoms with Crippen LogP contribution in [0.5, 0.6) is 0 Å². The van der Waals surface area contributed by atoms with Gasteiger partial charge in [-0.15, -0.1) is 0 Å². The first-order chi connectivity index (χ1) is 7.63. The minimum atomic E-state index is 0.273. The van der Waals surface area contributed by atoms with Gasteiger partial charge in [-0.2, -0.15) is 0 Å². The number of aliphatic hydroxyl groups excluding tert-OH is 1. The van der Waals surface area contributed by atoms with Crippen molar-refractivity contribution in [2.75, 3.05) is 6.61 Å². The molecular formula is C14H29NO. The highest BCUT2D eigenvalue weighted by atomic mass is 16.3. The second kappa shape index (κ2) is 7.29. The van der Waals surface area contributed by atoms with E-state index in [-0.39, 0.29) is 12.6 Å². The van der Waals surface area contributed by atoms with E-state index in [2.05, 4.69) is 26.1 Å². The Hall–Kier alpha value is -0.0800. The van der Waals surface area contributed by atoms with Crippen molar-refractivity contribution in [2.45, 2.75) is 71.4 Å². The molecular weight excluding hydrogens is 198 g/mol. The highest BCUT2D eigenvalue weighted by Gasteiger charge is 2.22. The van der Waals surface area contributed by atoms with Gasteiger partial charge in [-0.3, -0.25) is 0 Å². The molecule has 0 saturated heterocycles. The third kappa shape index (κ3) is 4.84. The van der Waals surface area contributed by atoms with Crippen LogP contribution in [0.4, 0.5) is 0 Å². The monoisotopic (exact) mass is 227 g/mol. The lowest BCUT2D eigenvalue weighted by Crippen LogP contribution is -2.44. The van der Waals surface area contributed by atoms with E-state index in [0.29, 0.717) is 12.0 Å². The summed E-state index contributed by atoms with van der Waals surface area (Å²) in [7, 11) is 0. The summed E-state index contributed by atoms with van der Waals surface area (Å²) < 4.78 is 0. The van der Waals surface area contributed by atoms with Crippen molar-refractivity contribution in [1.29, 1.82) is 0 Å². The van der Waals surface area contributed by atoms with Crippen molar-refractivity contribution < 1.29 is 5.11 Å². The van der Waals surface area contributed by atoms with E-state index >= 15 is 0 Å². The van der Waals surface area contributed by atoms with Gasteiger partial charge in [0, 0.05) is 12.1 Å². The van der Waals surface area contributed by atoms with E-state index in [1.54, 1.807) is 0 Å². The molecule has 0 heterocycles. The van der Waals surface area contributed by atoms with Crippen molar-refractivity contribution in [3.8, 4) is 0 Å². The van der Waals surface area contributed by atoms with Gasteiger partial charge in [0.25, 0.3) is 0 Å². The van der Waals surface area contributed by atoms with Crippen LogP contribution in [0.25, 0.3) is 0 Å². The molecule has 2 N–H and O–H groups in total. The van der Waals surface area contributed by atoms with Crippen LogP contribution in [-0.4, -0.2) is 23.8 Å². The zero-order valence-electron chi connectivity index (χ0n) is 11.2. The summed E-state index contributed by atoms with van der Waals surface area (Å²) in [5, 5.41) is 13.0. The van der Waals surface area contributed by atoms with Crippen LogP contribution in [0.2, 0.25) is 0 Å². The molecule has 0 bridgehead atoms. The third-order valence-electron chi connectivity index (χ3n) is 3.83. The van der Waals surface area contributed by atoms with Gasteiger partial charge in [0.05, 0.1) is 6.61 Å². The molecule has 1 aliphatic rings. The second-order valence-corrected chi connectivity index (χ2v) is 5.86. The van der Waals surface area contributed by atoms with Gasteiger partial charge in [-0.05, 0) is 38.0 Å².